The van der Waals surface area contributed by atoms with Crippen LogP contribution >= 0.6 is 0 Å². The van der Waals surface area contributed by atoms with E-state index in [1.165, 1.54) is 0 Å². The molecule has 134 valence electrons. The van der Waals surface area contributed by atoms with Crippen LogP contribution < -0.4 is 10.6 Å². The van der Waals surface area contributed by atoms with Crippen molar-refractivity contribution in [3.05, 3.63) is 60.7 Å². The number of carbonyl (C=O) groups is 2. The number of nitrogens with one attached hydrogen (secondary N) is 2. The van der Waals surface area contributed by atoms with E-state index in [1.54, 1.807) is 4.90 Å². The van der Waals surface area contributed by atoms with Gasteiger partial charge in [-0.1, -0.05) is 36.4 Å². The molecule has 2 aromatic carbocycles. The van der Waals surface area contributed by atoms with Crippen molar-refractivity contribution in [2.45, 2.75) is 18.6 Å². The molecule has 2 aliphatic heterocycles. The van der Waals surface area contributed by atoms with E-state index in [2.05, 4.69) is 10.6 Å². The number of hydrogen-bond donors (Lipinski definition) is 2. The van der Waals surface area contributed by atoms with Crippen LogP contribution in [0.15, 0.2) is 60.7 Å². The molecule has 4 rings (SSSR count). The van der Waals surface area contributed by atoms with E-state index in [4.69, 9.17) is 4.74 Å². The summed E-state index contributed by atoms with van der Waals surface area (Å²) in [5, 5.41) is 5.84. The molecule has 6 heteroatoms. The summed E-state index contributed by atoms with van der Waals surface area (Å²) >= 11 is 0. The monoisotopic (exact) mass is 351 g/mol. The molecule has 3 atom stereocenters. The number of likely N-dealkylation sites (tertiary alicyclic amines) is 1. The van der Waals surface area contributed by atoms with Gasteiger partial charge in [-0.2, -0.15) is 0 Å². The first kappa shape index (κ1) is 16.6. The standard InChI is InChI=1S/C20H21N3O3/c24-19(21-14-7-3-1-4-8-14)17-11-16-12-23(13-18(17)26-16)20(25)22-15-9-5-2-6-10-15/h1-10,16-18H,11-13H2,(H,21,24)(H,22,25)/t16-,17+,18-/m0/s1. The highest BCUT2D eigenvalue weighted by atomic mass is 16.5. The van der Waals surface area contributed by atoms with Gasteiger partial charge in [0.1, 0.15) is 0 Å². The first-order valence-corrected chi connectivity index (χ1v) is 8.81. The van der Waals surface area contributed by atoms with Crippen molar-refractivity contribution in [3.8, 4) is 0 Å². The van der Waals surface area contributed by atoms with Crippen LogP contribution in [-0.2, 0) is 9.53 Å². The van der Waals surface area contributed by atoms with Gasteiger partial charge in [0.05, 0.1) is 18.1 Å². The molecule has 2 aromatic rings. The third-order valence-corrected chi connectivity index (χ3v) is 4.85. The average molecular weight is 351 g/mol. The molecule has 26 heavy (non-hydrogen) atoms. The quantitative estimate of drug-likeness (QED) is 0.893. The van der Waals surface area contributed by atoms with E-state index in [9.17, 15) is 9.59 Å². The van der Waals surface area contributed by atoms with Gasteiger partial charge in [0.25, 0.3) is 0 Å². The summed E-state index contributed by atoms with van der Waals surface area (Å²) in [5.74, 6) is -0.288. The lowest BCUT2D eigenvalue weighted by Crippen LogP contribution is -2.48. The highest BCUT2D eigenvalue weighted by molar-refractivity contribution is 5.93. The Hall–Kier alpha value is -2.86. The SMILES string of the molecule is O=C(Nc1ccccc1)[C@@H]1C[C@H]2CN(C(=O)Nc3ccccc3)C[C@@H]1O2. The fourth-order valence-electron chi connectivity index (χ4n) is 3.58. The largest absolute Gasteiger partial charge is 0.370 e. The van der Waals surface area contributed by atoms with E-state index < -0.39 is 0 Å². The zero-order valence-corrected chi connectivity index (χ0v) is 14.3. The second-order valence-corrected chi connectivity index (χ2v) is 6.70. The molecule has 0 unspecified atom stereocenters. The lowest BCUT2D eigenvalue weighted by molar-refractivity contribution is -0.122. The number of rotatable bonds is 3. The molecule has 2 aliphatic rings. The van der Waals surface area contributed by atoms with Crippen molar-refractivity contribution in [2.24, 2.45) is 5.92 Å². The van der Waals surface area contributed by atoms with Gasteiger partial charge in [0.2, 0.25) is 5.91 Å². The second-order valence-electron chi connectivity index (χ2n) is 6.70. The number of morpholine rings is 1. The van der Waals surface area contributed by atoms with E-state index in [1.807, 2.05) is 60.7 Å². The summed E-state index contributed by atoms with van der Waals surface area (Å²) in [6.45, 7) is 0.923. The normalized spacial score (nSPS) is 24.2. The molecule has 0 aliphatic carbocycles. The van der Waals surface area contributed by atoms with Crippen LogP contribution in [-0.4, -0.2) is 42.1 Å². The van der Waals surface area contributed by atoms with E-state index >= 15 is 0 Å². The van der Waals surface area contributed by atoms with Crippen molar-refractivity contribution >= 4 is 23.3 Å². The molecule has 0 radical (unpaired) electrons. The molecular weight excluding hydrogens is 330 g/mol. The Bertz CT molecular complexity index is 779. The highest BCUT2D eigenvalue weighted by Crippen LogP contribution is 2.33. The van der Waals surface area contributed by atoms with Crippen molar-refractivity contribution in [3.63, 3.8) is 0 Å². The lowest BCUT2D eigenvalue weighted by Gasteiger charge is -2.32. The second kappa shape index (κ2) is 7.17. The number of amides is 3. The Labute approximate surface area is 152 Å². The summed E-state index contributed by atoms with van der Waals surface area (Å²) in [6.07, 6.45) is 0.277. The summed E-state index contributed by atoms with van der Waals surface area (Å²) in [4.78, 5) is 26.9. The zero-order chi connectivity index (χ0) is 17.9. The van der Waals surface area contributed by atoms with E-state index in [-0.39, 0.29) is 30.1 Å². The van der Waals surface area contributed by atoms with Gasteiger partial charge in [-0.15, -0.1) is 0 Å². The van der Waals surface area contributed by atoms with Crippen molar-refractivity contribution in [1.82, 2.24) is 4.90 Å². The third kappa shape index (κ3) is 3.55. The predicted molar refractivity (Wildman–Crippen MR) is 98.9 cm³/mol. The van der Waals surface area contributed by atoms with E-state index in [0.717, 1.165) is 11.4 Å². The third-order valence-electron chi connectivity index (χ3n) is 4.85. The Morgan fingerprint density at radius 1 is 0.885 bits per heavy atom. The van der Waals surface area contributed by atoms with Crippen molar-refractivity contribution in [1.29, 1.82) is 0 Å². The fraction of sp³-hybridized carbons (Fsp3) is 0.300. The van der Waals surface area contributed by atoms with Crippen molar-refractivity contribution < 1.29 is 14.3 Å². The van der Waals surface area contributed by atoms with Crippen LogP contribution in [0.3, 0.4) is 0 Å². The molecule has 0 saturated carbocycles. The first-order valence-electron chi connectivity index (χ1n) is 8.81. The van der Waals surface area contributed by atoms with Crippen LogP contribution in [0.1, 0.15) is 6.42 Å². The van der Waals surface area contributed by atoms with Crippen LogP contribution in [0.2, 0.25) is 0 Å². The van der Waals surface area contributed by atoms with E-state index in [0.29, 0.717) is 19.5 Å². The number of ether oxygens (including phenoxy) is 1. The summed E-state index contributed by atoms with van der Waals surface area (Å²) in [7, 11) is 0. The van der Waals surface area contributed by atoms with Crippen molar-refractivity contribution in [2.75, 3.05) is 23.7 Å². The molecule has 0 spiro atoms. The highest BCUT2D eigenvalue weighted by Gasteiger charge is 2.45. The minimum atomic E-state index is -0.265. The number of urea groups is 1. The first-order chi connectivity index (χ1) is 12.7. The molecular formula is C20H21N3O3. The van der Waals surface area contributed by atoms with Crippen LogP contribution in [0, 0.1) is 5.92 Å². The zero-order valence-electron chi connectivity index (χ0n) is 14.3. The number of para-hydroxylation sites is 2. The smallest absolute Gasteiger partial charge is 0.322 e. The molecule has 2 heterocycles. The summed E-state index contributed by atoms with van der Waals surface area (Å²) in [6, 6.07) is 18.6. The van der Waals surface area contributed by atoms with Gasteiger partial charge in [0, 0.05) is 24.5 Å². The number of carbonyl (C=O) groups excluding carboxylic acids is 2. The molecule has 2 N–H and O–H groups in total. The topological polar surface area (TPSA) is 70.7 Å². The van der Waals surface area contributed by atoms with Crippen LogP contribution in [0.4, 0.5) is 16.2 Å². The number of hydrogen-bond acceptors (Lipinski definition) is 3. The van der Waals surface area contributed by atoms with Crippen LogP contribution in [0.5, 0.6) is 0 Å². The Balaban J connectivity index is 1.38. The maximum Gasteiger partial charge on any atom is 0.322 e. The molecule has 0 aromatic heterocycles. The molecule has 2 saturated heterocycles. The molecule has 3 amide bonds. The van der Waals surface area contributed by atoms with Gasteiger partial charge in [0.15, 0.2) is 0 Å². The Morgan fingerprint density at radius 3 is 2.15 bits per heavy atom. The number of nitrogens with zero attached hydrogens (tertiary/aromatic N) is 1. The maximum absolute atomic E-state index is 12.6. The number of anilines is 2. The lowest BCUT2D eigenvalue weighted by atomic mass is 9.99. The fourth-order valence-corrected chi connectivity index (χ4v) is 3.58. The predicted octanol–water partition coefficient (Wildman–Crippen LogP) is 2.95. The molecule has 2 fully saturated rings. The van der Waals surface area contributed by atoms with Gasteiger partial charge in [-0.05, 0) is 30.7 Å². The minimum Gasteiger partial charge on any atom is -0.370 e. The van der Waals surface area contributed by atoms with Gasteiger partial charge in [-0.25, -0.2) is 4.79 Å². The maximum atomic E-state index is 12.6. The molecule has 6 nitrogen and oxygen atoms in total. The van der Waals surface area contributed by atoms with Crippen LogP contribution in [0.25, 0.3) is 0 Å². The number of benzene rings is 2. The summed E-state index contributed by atoms with van der Waals surface area (Å²) < 4.78 is 5.92. The minimum absolute atomic E-state index is 0.0472. The van der Waals surface area contributed by atoms with Gasteiger partial charge >= 0.3 is 6.03 Å². The molecule has 2 bridgehead atoms. The Kier molecular flexibility index (Phi) is 4.58. The Morgan fingerprint density at radius 2 is 1.50 bits per heavy atom. The van der Waals surface area contributed by atoms with Gasteiger partial charge in [-0.3, -0.25) is 4.79 Å². The number of fused-ring (bicyclic) bond motifs is 2. The summed E-state index contributed by atoms with van der Waals surface area (Å²) in [5.41, 5.74) is 1.53. The average Bonchev–Trinajstić information content (AvgIpc) is 2.97. The van der Waals surface area contributed by atoms with Gasteiger partial charge < -0.3 is 20.3 Å².